The Labute approximate surface area is 128 Å². The molecule has 1 saturated heterocycles. The standard InChI is InChI=1S/C14H16Cl2N2O2/c15-10-4-5-11(12(16)9-10)14(20)17-6-8-18-7-2-1-3-13(18)19/h4-5,9H,1-3,6-8H2,(H,17,20). The molecule has 1 aromatic rings. The van der Waals surface area contributed by atoms with Crippen LogP contribution in [0.25, 0.3) is 0 Å². The fourth-order valence-corrected chi connectivity index (χ4v) is 2.67. The zero-order valence-corrected chi connectivity index (χ0v) is 12.5. The Bertz CT molecular complexity index is 520. The Morgan fingerprint density at radius 1 is 1.30 bits per heavy atom. The van der Waals surface area contributed by atoms with E-state index < -0.39 is 0 Å². The number of carbonyl (C=O) groups is 2. The number of amides is 2. The summed E-state index contributed by atoms with van der Waals surface area (Å²) in [7, 11) is 0. The molecule has 1 aromatic carbocycles. The van der Waals surface area contributed by atoms with Gasteiger partial charge in [0, 0.05) is 31.1 Å². The maximum Gasteiger partial charge on any atom is 0.252 e. The molecule has 1 aliphatic rings. The Morgan fingerprint density at radius 3 is 2.80 bits per heavy atom. The number of rotatable bonds is 4. The van der Waals surface area contributed by atoms with Gasteiger partial charge in [0.1, 0.15) is 0 Å². The van der Waals surface area contributed by atoms with Gasteiger partial charge in [-0.1, -0.05) is 23.2 Å². The maximum atomic E-state index is 12.0. The van der Waals surface area contributed by atoms with Crippen LogP contribution in [0, 0.1) is 0 Å². The lowest BCUT2D eigenvalue weighted by Gasteiger charge is -2.26. The van der Waals surface area contributed by atoms with Gasteiger partial charge in [-0.25, -0.2) is 0 Å². The molecule has 0 atom stereocenters. The van der Waals surface area contributed by atoms with Crippen molar-refractivity contribution in [3.8, 4) is 0 Å². The van der Waals surface area contributed by atoms with Crippen molar-refractivity contribution in [2.24, 2.45) is 0 Å². The van der Waals surface area contributed by atoms with Gasteiger partial charge >= 0.3 is 0 Å². The summed E-state index contributed by atoms with van der Waals surface area (Å²) in [5, 5.41) is 3.58. The van der Waals surface area contributed by atoms with Crippen LogP contribution in [0.4, 0.5) is 0 Å². The molecule has 0 aliphatic carbocycles. The van der Waals surface area contributed by atoms with Crippen molar-refractivity contribution in [2.45, 2.75) is 19.3 Å². The molecule has 1 heterocycles. The topological polar surface area (TPSA) is 49.4 Å². The quantitative estimate of drug-likeness (QED) is 0.929. The van der Waals surface area contributed by atoms with E-state index >= 15 is 0 Å². The highest BCUT2D eigenvalue weighted by Crippen LogP contribution is 2.20. The first-order chi connectivity index (χ1) is 9.58. The lowest BCUT2D eigenvalue weighted by Crippen LogP contribution is -2.41. The molecule has 0 saturated carbocycles. The van der Waals surface area contributed by atoms with Crippen LogP contribution in [0.1, 0.15) is 29.6 Å². The van der Waals surface area contributed by atoms with Crippen LogP contribution in [-0.4, -0.2) is 36.3 Å². The van der Waals surface area contributed by atoms with Gasteiger partial charge in [0.05, 0.1) is 10.6 Å². The molecule has 0 radical (unpaired) electrons. The molecular weight excluding hydrogens is 299 g/mol. The highest BCUT2D eigenvalue weighted by molar-refractivity contribution is 6.36. The van der Waals surface area contributed by atoms with Gasteiger partial charge in [-0.2, -0.15) is 0 Å². The van der Waals surface area contributed by atoms with Crippen molar-refractivity contribution < 1.29 is 9.59 Å². The second kappa shape index (κ2) is 6.95. The number of carbonyl (C=O) groups excluding carboxylic acids is 2. The zero-order valence-electron chi connectivity index (χ0n) is 11.0. The normalized spacial score (nSPS) is 15.3. The SMILES string of the molecule is O=C(NCCN1CCCCC1=O)c1ccc(Cl)cc1Cl. The van der Waals surface area contributed by atoms with Crippen LogP contribution >= 0.6 is 23.2 Å². The van der Waals surface area contributed by atoms with Crippen molar-refractivity contribution in [1.82, 2.24) is 10.2 Å². The van der Waals surface area contributed by atoms with Crippen LogP contribution in [0.15, 0.2) is 18.2 Å². The van der Waals surface area contributed by atoms with Crippen LogP contribution in [0.2, 0.25) is 10.0 Å². The van der Waals surface area contributed by atoms with E-state index in [9.17, 15) is 9.59 Å². The molecule has 1 N–H and O–H groups in total. The fraction of sp³-hybridized carbons (Fsp3) is 0.429. The second-order valence-electron chi connectivity index (χ2n) is 4.72. The number of hydrogen-bond acceptors (Lipinski definition) is 2. The minimum absolute atomic E-state index is 0.162. The number of piperidine rings is 1. The number of benzene rings is 1. The predicted molar refractivity (Wildman–Crippen MR) is 79.2 cm³/mol. The molecule has 2 amide bonds. The summed E-state index contributed by atoms with van der Waals surface area (Å²) in [4.78, 5) is 25.4. The first-order valence-electron chi connectivity index (χ1n) is 6.59. The molecule has 0 unspecified atom stereocenters. The molecule has 2 rings (SSSR count). The first-order valence-corrected chi connectivity index (χ1v) is 7.34. The van der Waals surface area contributed by atoms with Crippen molar-refractivity contribution >= 4 is 35.0 Å². The van der Waals surface area contributed by atoms with Crippen molar-refractivity contribution in [1.29, 1.82) is 0 Å². The molecule has 0 spiro atoms. The van der Waals surface area contributed by atoms with Crippen molar-refractivity contribution in [3.05, 3.63) is 33.8 Å². The third-order valence-electron chi connectivity index (χ3n) is 3.26. The average molecular weight is 315 g/mol. The van der Waals surface area contributed by atoms with Gasteiger partial charge in [-0.15, -0.1) is 0 Å². The minimum atomic E-state index is -0.254. The Kier molecular flexibility index (Phi) is 5.26. The van der Waals surface area contributed by atoms with E-state index in [2.05, 4.69) is 5.32 Å². The van der Waals surface area contributed by atoms with Crippen LogP contribution in [0.5, 0.6) is 0 Å². The number of nitrogens with zero attached hydrogens (tertiary/aromatic N) is 1. The lowest BCUT2D eigenvalue weighted by atomic mass is 10.1. The van der Waals surface area contributed by atoms with E-state index in [4.69, 9.17) is 23.2 Å². The summed E-state index contributed by atoms with van der Waals surface area (Å²) in [6.45, 7) is 1.73. The Balaban J connectivity index is 1.84. The van der Waals surface area contributed by atoms with Crippen LogP contribution < -0.4 is 5.32 Å². The third kappa shape index (κ3) is 3.87. The van der Waals surface area contributed by atoms with E-state index in [0.29, 0.717) is 35.1 Å². The molecule has 108 valence electrons. The predicted octanol–water partition coefficient (Wildman–Crippen LogP) is 2.74. The number of likely N-dealkylation sites (tertiary alicyclic amines) is 1. The van der Waals surface area contributed by atoms with E-state index in [1.54, 1.807) is 17.0 Å². The molecule has 20 heavy (non-hydrogen) atoms. The van der Waals surface area contributed by atoms with Gasteiger partial charge in [-0.05, 0) is 31.0 Å². The van der Waals surface area contributed by atoms with Crippen molar-refractivity contribution in [2.75, 3.05) is 19.6 Å². The van der Waals surface area contributed by atoms with E-state index in [-0.39, 0.29) is 11.8 Å². The summed E-state index contributed by atoms with van der Waals surface area (Å²) >= 11 is 11.7. The van der Waals surface area contributed by atoms with Gasteiger partial charge in [0.2, 0.25) is 5.91 Å². The lowest BCUT2D eigenvalue weighted by molar-refractivity contribution is -0.133. The maximum absolute atomic E-state index is 12.0. The van der Waals surface area contributed by atoms with Gasteiger partial charge in [0.25, 0.3) is 5.91 Å². The molecule has 1 fully saturated rings. The summed E-state index contributed by atoms with van der Waals surface area (Å²) < 4.78 is 0. The number of hydrogen-bond donors (Lipinski definition) is 1. The minimum Gasteiger partial charge on any atom is -0.350 e. The molecule has 6 heteroatoms. The van der Waals surface area contributed by atoms with E-state index in [1.165, 1.54) is 6.07 Å². The summed E-state index contributed by atoms with van der Waals surface area (Å²) in [6, 6.07) is 4.74. The van der Waals surface area contributed by atoms with Gasteiger partial charge < -0.3 is 10.2 Å². The van der Waals surface area contributed by atoms with Gasteiger partial charge in [-0.3, -0.25) is 9.59 Å². The first kappa shape index (κ1) is 15.1. The second-order valence-corrected chi connectivity index (χ2v) is 5.56. The number of nitrogens with one attached hydrogen (secondary N) is 1. The van der Waals surface area contributed by atoms with E-state index in [0.717, 1.165) is 19.4 Å². The summed E-state index contributed by atoms with van der Waals surface area (Å²) in [5.41, 5.74) is 0.390. The largest absolute Gasteiger partial charge is 0.350 e. The summed E-state index contributed by atoms with van der Waals surface area (Å²) in [5.74, 6) is -0.0915. The fourth-order valence-electron chi connectivity index (χ4n) is 2.17. The molecule has 0 aromatic heterocycles. The van der Waals surface area contributed by atoms with E-state index in [1.807, 2.05) is 0 Å². The monoisotopic (exact) mass is 314 g/mol. The van der Waals surface area contributed by atoms with Crippen LogP contribution in [-0.2, 0) is 4.79 Å². The average Bonchev–Trinajstić information content (AvgIpc) is 2.40. The smallest absolute Gasteiger partial charge is 0.252 e. The highest BCUT2D eigenvalue weighted by Gasteiger charge is 2.17. The highest BCUT2D eigenvalue weighted by atomic mass is 35.5. The molecule has 0 bridgehead atoms. The number of halogens is 2. The van der Waals surface area contributed by atoms with Crippen molar-refractivity contribution in [3.63, 3.8) is 0 Å². The molecular formula is C14H16Cl2N2O2. The van der Waals surface area contributed by atoms with Crippen LogP contribution in [0.3, 0.4) is 0 Å². The molecule has 1 aliphatic heterocycles. The van der Waals surface area contributed by atoms with Gasteiger partial charge in [0.15, 0.2) is 0 Å². The zero-order chi connectivity index (χ0) is 14.5. The molecule has 4 nitrogen and oxygen atoms in total. The third-order valence-corrected chi connectivity index (χ3v) is 3.81. The Hall–Kier alpha value is -1.26. The Morgan fingerprint density at radius 2 is 2.10 bits per heavy atom. The summed E-state index contributed by atoms with van der Waals surface area (Å²) in [6.07, 6.45) is 2.60.